The van der Waals surface area contributed by atoms with E-state index in [0.29, 0.717) is 0 Å². The fourth-order valence-electron chi connectivity index (χ4n) is 2.37. The van der Waals surface area contributed by atoms with Gasteiger partial charge in [0.05, 0.1) is 11.0 Å². The van der Waals surface area contributed by atoms with Gasteiger partial charge in [0, 0.05) is 10.0 Å². The number of fused-ring (bicyclic) bond motifs is 1. The summed E-state index contributed by atoms with van der Waals surface area (Å²) in [5.41, 5.74) is 6.95. The van der Waals surface area contributed by atoms with E-state index in [1.807, 2.05) is 0 Å². The van der Waals surface area contributed by atoms with E-state index in [4.69, 9.17) is 4.98 Å². The first-order valence-corrected chi connectivity index (χ1v) is 7.07. The molecular weight excluding hydrogens is 300 g/mol. The molecule has 1 heterocycles. The average Bonchev–Trinajstić information content (AvgIpc) is 2.76. The molecule has 3 rings (SSSR count). The predicted octanol–water partition coefficient (Wildman–Crippen LogP) is 4.92. The number of hydrogen-bond acceptors (Lipinski definition) is 1. The number of aromatic nitrogens is 2. The van der Waals surface area contributed by atoms with Gasteiger partial charge in [0.25, 0.3) is 0 Å². The molecule has 19 heavy (non-hydrogen) atoms. The molecule has 0 saturated carbocycles. The molecule has 0 saturated heterocycles. The summed E-state index contributed by atoms with van der Waals surface area (Å²) in [5.74, 6) is 0.942. The van der Waals surface area contributed by atoms with E-state index in [9.17, 15) is 0 Å². The second-order valence-corrected chi connectivity index (χ2v) is 5.94. The largest absolute Gasteiger partial charge is 0.338 e. The molecule has 1 aromatic heterocycles. The molecule has 0 spiro atoms. The Morgan fingerprint density at radius 3 is 2.58 bits per heavy atom. The zero-order valence-corrected chi connectivity index (χ0v) is 12.8. The SMILES string of the molecule is Cc1ccc(C)c(-c2nc3c(C)cc(Br)cc3[nH]2)c1. The maximum absolute atomic E-state index is 4.75. The van der Waals surface area contributed by atoms with Crippen molar-refractivity contribution in [1.82, 2.24) is 9.97 Å². The van der Waals surface area contributed by atoms with Crippen LogP contribution in [0.25, 0.3) is 22.4 Å². The van der Waals surface area contributed by atoms with E-state index in [0.717, 1.165) is 21.3 Å². The topological polar surface area (TPSA) is 28.7 Å². The predicted molar refractivity (Wildman–Crippen MR) is 83.4 cm³/mol. The van der Waals surface area contributed by atoms with Gasteiger partial charge < -0.3 is 4.98 Å². The van der Waals surface area contributed by atoms with E-state index in [1.165, 1.54) is 22.3 Å². The highest BCUT2D eigenvalue weighted by molar-refractivity contribution is 9.10. The summed E-state index contributed by atoms with van der Waals surface area (Å²) in [4.78, 5) is 8.17. The molecule has 3 heteroatoms. The molecule has 2 aromatic carbocycles. The van der Waals surface area contributed by atoms with Gasteiger partial charge in [-0.1, -0.05) is 33.6 Å². The number of nitrogens with one attached hydrogen (secondary N) is 1. The third-order valence-electron chi connectivity index (χ3n) is 3.39. The van der Waals surface area contributed by atoms with Crippen LogP contribution in [0, 0.1) is 20.8 Å². The zero-order chi connectivity index (χ0) is 13.6. The number of H-pyrrole nitrogens is 1. The lowest BCUT2D eigenvalue weighted by atomic mass is 10.1. The Kier molecular flexibility index (Phi) is 2.94. The second-order valence-electron chi connectivity index (χ2n) is 5.02. The van der Waals surface area contributed by atoms with Crippen molar-refractivity contribution in [2.75, 3.05) is 0 Å². The highest BCUT2D eigenvalue weighted by atomic mass is 79.9. The van der Waals surface area contributed by atoms with Crippen molar-refractivity contribution in [3.05, 3.63) is 51.5 Å². The van der Waals surface area contributed by atoms with E-state index in [2.05, 4.69) is 72.0 Å². The van der Waals surface area contributed by atoms with Crippen molar-refractivity contribution < 1.29 is 0 Å². The van der Waals surface area contributed by atoms with Crippen molar-refractivity contribution in [1.29, 1.82) is 0 Å². The Morgan fingerprint density at radius 1 is 1.00 bits per heavy atom. The van der Waals surface area contributed by atoms with Gasteiger partial charge in [-0.2, -0.15) is 0 Å². The Labute approximate surface area is 121 Å². The van der Waals surface area contributed by atoms with Crippen LogP contribution in [-0.4, -0.2) is 9.97 Å². The summed E-state index contributed by atoms with van der Waals surface area (Å²) < 4.78 is 1.08. The Hall–Kier alpha value is -1.61. The van der Waals surface area contributed by atoms with Crippen molar-refractivity contribution in [2.24, 2.45) is 0 Å². The summed E-state index contributed by atoms with van der Waals surface area (Å²) in [6, 6.07) is 10.6. The second kappa shape index (κ2) is 4.49. The lowest BCUT2D eigenvalue weighted by Crippen LogP contribution is -1.86. The summed E-state index contributed by atoms with van der Waals surface area (Å²) in [6.07, 6.45) is 0. The number of aromatic amines is 1. The monoisotopic (exact) mass is 314 g/mol. The van der Waals surface area contributed by atoms with Crippen molar-refractivity contribution >= 4 is 27.0 Å². The minimum atomic E-state index is 0.942. The maximum atomic E-state index is 4.75. The molecule has 3 aromatic rings. The summed E-state index contributed by atoms with van der Waals surface area (Å²) >= 11 is 3.53. The Morgan fingerprint density at radius 2 is 1.79 bits per heavy atom. The minimum absolute atomic E-state index is 0.942. The highest BCUT2D eigenvalue weighted by Crippen LogP contribution is 2.28. The van der Waals surface area contributed by atoms with Crippen LogP contribution >= 0.6 is 15.9 Å². The average molecular weight is 315 g/mol. The van der Waals surface area contributed by atoms with Crippen LogP contribution in [-0.2, 0) is 0 Å². The number of halogens is 1. The van der Waals surface area contributed by atoms with Crippen LogP contribution in [0.3, 0.4) is 0 Å². The number of nitrogens with zero attached hydrogens (tertiary/aromatic N) is 1. The Balaban J connectivity index is 2.26. The van der Waals surface area contributed by atoms with Crippen molar-refractivity contribution in [3.63, 3.8) is 0 Å². The standard InChI is InChI=1S/C16H15BrN2/c1-9-4-5-10(2)13(6-9)16-18-14-8-12(17)7-11(3)15(14)19-16/h4-8H,1-3H3,(H,18,19). The summed E-state index contributed by atoms with van der Waals surface area (Å²) in [6.45, 7) is 6.30. The number of rotatable bonds is 1. The smallest absolute Gasteiger partial charge is 0.138 e. The van der Waals surface area contributed by atoms with Crippen LogP contribution in [0.1, 0.15) is 16.7 Å². The van der Waals surface area contributed by atoms with Crippen LogP contribution in [0.5, 0.6) is 0 Å². The minimum Gasteiger partial charge on any atom is -0.338 e. The molecule has 0 aliphatic carbocycles. The number of aryl methyl sites for hydroxylation is 3. The maximum Gasteiger partial charge on any atom is 0.138 e. The molecule has 1 N–H and O–H groups in total. The van der Waals surface area contributed by atoms with Gasteiger partial charge in [-0.3, -0.25) is 0 Å². The molecule has 0 radical (unpaired) electrons. The van der Waals surface area contributed by atoms with Crippen molar-refractivity contribution in [3.8, 4) is 11.4 Å². The number of benzene rings is 2. The van der Waals surface area contributed by atoms with Gasteiger partial charge in [-0.25, -0.2) is 4.98 Å². The fraction of sp³-hybridized carbons (Fsp3) is 0.188. The lowest BCUT2D eigenvalue weighted by molar-refractivity contribution is 1.29. The van der Waals surface area contributed by atoms with Gasteiger partial charge in [-0.05, 0) is 50.1 Å². The van der Waals surface area contributed by atoms with Crippen molar-refractivity contribution in [2.45, 2.75) is 20.8 Å². The highest BCUT2D eigenvalue weighted by Gasteiger charge is 2.10. The van der Waals surface area contributed by atoms with Crippen LogP contribution < -0.4 is 0 Å². The van der Waals surface area contributed by atoms with E-state index in [1.54, 1.807) is 0 Å². The molecule has 2 nitrogen and oxygen atoms in total. The van der Waals surface area contributed by atoms with Gasteiger partial charge >= 0.3 is 0 Å². The lowest BCUT2D eigenvalue weighted by Gasteiger charge is -2.03. The van der Waals surface area contributed by atoms with E-state index < -0.39 is 0 Å². The van der Waals surface area contributed by atoms with Gasteiger partial charge in [0.1, 0.15) is 5.82 Å². The van der Waals surface area contributed by atoms with E-state index in [-0.39, 0.29) is 0 Å². The molecule has 0 bridgehead atoms. The van der Waals surface area contributed by atoms with Gasteiger partial charge in [0.15, 0.2) is 0 Å². The number of hydrogen-bond donors (Lipinski definition) is 1. The van der Waals surface area contributed by atoms with E-state index >= 15 is 0 Å². The first kappa shape index (κ1) is 12.4. The molecule has 0 aliphatic rings. The molecule has 0 atom stereocenters. The quantitative estimate of drug-likeness (QED) is 0.678. The normalized spacial score (nSPS) is 11.2. The zero-order valence-electron chi connectivity index (χ0n) is 11.2. The molecule has 0 aliphatic heterocycles. The Bertz CT molecular complexity index is 772. The molecule has 96 valence electrons. The first-order valence-electron chi connectivity index (χ1n) is 6.28. The third-order valence-corrected chi connectivity index (χ3v) is 3.85. The van der Waals surface area contributed by atoms with Crippen LogP contribution in [0.15, 0.2) is 34.8 Å². The summed E-state index contributed by atoms with van der Waals surface area (Å²) in [5, 5.41) is 0. The van der Waals surface area contributed by atoms with Gasteiger partial charge in [0.2, 0.25) is 0 Å². The van der Waals surface area contributed by atoms with Crippen LogP contribution in [0.2, 0.25) is 0 Å². The van der Waals surface area contributed by atoms with Gasteiger partial charge in [-0.15, -0.1) is 0 Å². The first-order chi connectivity index (χ1) is 9.04. The fourth-order valence-corrected chi connectivity index (χ4v) is 2.94. The summed E-state index contributed by atoms with van der Waals surface area (Å²) in [7, 11) is 0. The molecule has 0 amide bonds. The molecule has 0 fully saturated rings. The molecular formula is C16H15BrN2. The number of imidazole rings is 1. The molecule has 0 unspecified atom stereocenters. The third kappa shape index (κ3) is 2.19. The van der Waals surface area contributed by atoms with Crippen LogP contribution in [0.4, 0.5) is 0 Å².